The van der Waals surface area contributed by atoms with Crippen molar-refractivity contribution in [3.8, 4) is 0 Å². The zero-order valence-corrected chi connectivity index (χ0v) is 10.1. The fourth-order valence-corrected chi connectivity index (χ4v) is 1.78. The van der Waals surface area contributed by atoms with Gasteiger partial charge in [0.15, 0.2) is 0 Å². The van der Waals surface area contributed by atoms with Crippen LogP contribution in [0.2, 0.25) is 5.02 Å². The van der Waals surface area contributed by atoms with Gasteiger partial charge in [-0.1, -0.05) is 29.8 Å². The van der Waals surface area contributed by atoms with E-state index in [0.29, 0.717) is 24.4 Å². The van der Waals surface area contributed by atoms with Gasteiger partial charge in [-0.3, -0.25) is 4.79 Å². The molecule has 1 aromatic rings. The minimum Gasteiger partial charge on any atom is -0.350 e. The summed E-state index contributed by atoms with van der Waals surface area (Å²) in [6.45, 7) is 2.45. The SMILES string of the molecule is C[C@@H](NC(=O)CCCN)c1ccccc1Cl. The average molecular weight is 241 g/mol. The maximum Gasteiger partial charge on any atom is 0.220 e. The van der Waals surface area contributed by atoms with Gasteiger partial charge in [0.05, 0.1) is 6.04 Å². The molecule has 4 heteroatoms. The van der Waals surface area contributed by atoms with Crippen molar-refractivity contribution in [1.82, 2.24) is 5.32 Å². The molecule has 3 N–H and O–H groups in total. The Morgan fingerprint density at radius 1 is 1.50 bits per heavy atom. The van der Waals surface area contributed by atoms with E-state index < -0.39 is 0 Å². The zero-order valence-electron chi connectivity index (χ0n) is 9.37. The molecule has 1 atom stereocenters. The Hall–Kier alpha value is -1.06. The van der Waals surface area contributed by atoms with Crippen LogP contribution in [0.15, 0.2) is 24.3 Å². The number of amides is 1. The van der Waals surface area contributed by atoms with Crippen molar-refractivity contribution in [3.63, 3.8) is 0 Å². The Kier molecular flexibility index (Phi) is 5.29. The summed E-state index contributed by atoms with van der Waals surface area (Å²) in [5, 5.41) is 3.57. The monoisotopic (exact) mass is 240 g/mol. The van der Waals surface area contributed by atoms with E-state index in [1.807, 2.05) is 31.2 Å². The van der Waals surface area contributed by atoms with E-state index in [-0.39, 0.29) is 11.9 Å². The van der Waals surface area contributed by atoms with Gasteiger partial charge < -0.3 is 11.1 Å². The van der Waals surface area contributed by atoms with Crippen molar-refractivity contribution in [2.24, 2.45) is 5.73 Å². The summed E-state index contributed by atoms with van der Waals surface area (Å²) in [5.74, 6) is 0.0119. The minimum atomic E-state index is -0.0704. The Labute approximate surface area is 101 Å². The molecule has 0 aliphatic carbocycles. The molecule has 88 valence electrons. The first-order valence-corrected chi connectivity index (χ1v) is 5.76. The van der Waals surface area contributed by atoms with Gasteiger partial charge in [-0.2, -0.15) is 0 Å². The van der Waals surface area contributed by atoms with Crippen LogP contribution in [0.4, 0.5) is 0 Å². The predicted octanol–water partition coefficient (Wildman–Crippen LogP) is 2.26. The summed E-state index contributed by atoms with van der Waals surface area (Å²) in [6, 6.07) is 7.44. The number of nitrogens with two attached hydrogens (primary N) is 1. The van der Waals surface area contributed by atoms with Crippen molar-refractivity contribution >= 4 is 17.5 Å². The zero-order chi connectivity index (χ0) is 12.0. The third kappa shape index (κ3) is 3.83. The number of rotatable bonds is 5. The van der Waals surface area contributed by atoms with Crippen LogP contribution >= 0.6 is 11.6 Å². The van der Waals surface area contributed by atoms with E-state index in [4.69, 9.17) is 17.3 Å². The summed E-state index contributed by atoms with van der Waals surface area (Å²) in [5.41, 5.74) is 6.28. The number of hydrogen-bond acceptors (Lipinski definition) is 2. The maximum absolute atomic E-state index is 11.5. The van der Waals surface area contributed by atoms with E-state index in [9.17, 15) is 4.79 Å². The third-order valence-electron chi connectivity index (χ3n) is 2.36. The van der Waals surface area contributed by atoms with Gasteiger partial charge in [0.25, 0.3) is 0 Å². The van der Waals surface area contributed by atoms with Crippen LogP contribution in [0.25, 0.3) is 0 Å². The second-order valence-electron chi connectivity index (χ2n) is 3.70. The highest BCUT2D eigenvalue weighted by atomic mass is 35.5. The number of nitrogens with one attached hydrogen (secondary N) is 1. The molecule has 0 bridgehead atoms. The predicted molar refractivity (Wildman–Crippen MR) is 66.3 cm³/mol. The van der Waals surface area contributed by atoms with Crippen molar-refractivity contribution in [2.45, 2.75) is 25.8 Å². The molecule has 0 unspecified atom stereocenters. The summed E-state index contributed by atoms with van der Waals surface area (Å²) in [4.78, 5) is 11.5. The quantitative estimate of drug-likeness (QED) is 0.830. The summed E-state index contributed by atoms with van der Waals surface area (Å²) >= 11 is 6.04. The maximum atomic E-state index is 11.5. The lowest BCUT2D eigenvalue weighted by molar-refractivity contribution is -0.121. The largest absolute Gasteiger partial charge is 0.350 e. The first-order valence-electron chi connectivity index (χ1n) is 5.39. The van der Waals surface area contributed by atoms with E-state index in [1.165, 1.54) is 0 Å². The van der Waals surface area contributed by atoms with Crippen molar-refractivity contribution in [2.75, 3.05) is 6.54 Å². The molecular formula is C12H17ClN2O. The van der Waals surface area contributed by atoms with E-state index in [0.717, 1.165) is 5.56 Å². The van der Waals surface area contributed by atoms with Crippen LogP contribution in [0.5, 0.6) is 0 Å². The lowest BCUT2D eigenvalue weighted by Gasteiger charge is -2.15. The lowest BCUT2D eigenvalue weighted by Crippen LogP contribution is -2.27. The van der Waals surface area contributed by atoms with E-state index in [1.54, 1.807) is 0 Å². The molecule has 0 spiro atoms. The molecular weight excluding hydrogens is 224 g/mol. The molecule has 0 aromatic heterocycles. The fraction of sp³-hybridized carbons (Fsp3) is 0.417. The van der Waals surface area contributed by atoms with Crippen LogP contribution in [0.1, 0.15) is 31.4 Å². The van der Waals surface area contributed by atoms with E-state index >= 15 is 0 Å². The molecule has 0 saturated carbocycles. The normalized spacial score (nSPS) is 12.2. The van der Waals surface area contributed by atoms with Gasteiger partial charge >= 0.3 is 0 Å². The molecule has 0 fully saturated rings. The molecule has 0 heterocycles. The van der Waals surface area contributed by atoms with E-state index in [2.05, 4.69) is 5.32 Å². The van der Waals surface area contributed by atoms with Crippen LogP contribution < -0.4 is 11.1 Å². The lowest BCUT2D eigenvalue weighted by atomic mass is 10.1. The number of benzene rings is 1. The molecule has 0 radical (unpaired) electrons. The molecule has 0 aliphatic heterocycles. The van der Waals surface area contributed by atoms with Gasteiger partial charge in [0.1, 0.15) is 0 Å². The second kappa shape index (κ2) is 6.51. The van der Waals surface area contributed by atoms with Crippen molar-refractivity contribution < 1.29 is 4.79 Å². The molecule has 0 aliphatic rings. The molecule has 1 aromatic carbocycles. The topological polar surface area (TPSA) is 55.1 Å². The third-order valence-corrected chi connectivity index (χ3v) is 2.70. The van der Waals surface area contributed by atoms with Crippen molar-refractivity contribution in [3.05, 3.63) is 34.9 Å². The smallest absolute Gasteiger partial charge is 0.220 e. The minimum absolute atomic E-state index is 0.0119. The molecule has 3 nitrogen and oxygen atoms in total. The summed E-state index contributed by atoms with van der Waals surface area (Å²) in [7, 11) is 0. The molecule has 1 amide bonds. The number of carbonyl (C=O) groups is 1. The number of halogens is 1. The van der Waals surface area contributed by atoms with Gasteiger partial charge in [0, 0.05) is 11.4 Å². The highest BCUT2D eigenvalue weighted by molar-refractivity contribution is 6.31. The van der Waals surface area contributed by atoms with Crippen molar-refractivity contribution in [1.29, 1.82) is 0 Å². The van der Waals surface area contributed by atoms with Crippen LogP contribution in [-0.4, -0.2) is 12.5 Å². The second-order valence-corrected chi connectivity index (χ2v) is 4.11. The first-order chi connectivity index (χ1) is 7.65. The Morgan fingerprint density at radius 2 is 2.19 bits per heavy atom. The van der Waals surface area contributed by atoms with Crippen LogP contribution in [0, 0.1) is 0 Å². The first kappa shape index (κ1) is 13.0. The summed E-state index contributed by atoms with van der Waals surface area (Å²) in [6.07, 6.45) is 1.17. The summed E-state index contributed by atoms with van der Waals surface area (Å²) < 4.78 is 0. The number of hydrogen-bond donors (Lipinski definition) is 2. The Morgan fingerprint density at radius 3 is 2.81 bits per heavy atom. The van der Waals surface area contributed by atoms with Gasteiger partial charge in [0.2, 0.25) is 5.91 Å². The standard InChI is InChI=1S/C12H17ClN2O/c1-9(15-12(16)7-4-8-14)10-5-2-3-6-11(10)13/h2-3,5-6,9H,4,7-8,14H2,1H3,(H,15,16)/t9-/m1/s1. The van der Waals surface area contributed by atoms with Crippen LogP contribution in [0.3, 0.4) is 0 Å². The molecule has 0 saturated heterocycles. The number of carbonyl (C=O) groups excluding carboxylic acids is 1. The highest BCUT2D eigenvalue weighted by Crippen LogP contribution is 2.22. The molecule has 16 heavy (non-hydrogen) atoms. The van der Waals surface area contributed by atoms with Gasteiger partial charge in [-0.15, -0.1) is 0 Å². The Bertz CT molecular complexity index is 355. The Balaban J connectivity index is 2.55. The highest BCUT2D eigenvalue weighted by Gasteiger charge is 2.11. The molecule has 1 rings (SSSR count). The van der Waals surface area contributed by atoms with Gasteiger partial charge in [-0.05, 0) is 31.5 Å². The van der Waals surface area contributed by atoms with Gasteiger partial charge in [-0.25, -0.2) is 0 Å². The fourth-order valence-electron chi connectivity index (χ4n) is 1.48. The van der Waals surface area contributed by atoms with Crippen LogP contribution in [-0.2, 0) is 4.79 Å². The average Bonchev–Trinajstić information content (AvgIpc) is 2.26.